The fourth-order valence-corrected chi connectivity index (χ4v) is 5.99. The summed E-state index contributed by atoms with van der Waals surface area (Å²) in [5.74, 6) is 1.44. The molecular formula is C26H31F2N3O2S. The number of hydrogen-bond donors (Lipinski definition) is 0. The lowest BCUT2D eigenvalue weighted by molar-refractivity contribution is -0.119. The highest BCUT2D eigenvalue weighted by Crippen LogP contribution is 2.34. The second-order valence-electron chi connectivity index (χ2n) is 9.49. The third kappa shape index (κ3) is 7.07. The molecule has 2 aromatic rings. The minimum Gasteiger partial charge on any atom is -0.464 e. The molecule has 0 amide bonds. The molecule has 8 heteroatoms. The van der Waals surface area contributed by atoms with Crippen molar-refractivity contribution in [1.29, 1.82) is 5.26 Å². The second-order valence-corrected chi connectivity index (χ2v) is 10.5. The van der Waals surface area contributed by atoms with Crippen LogP contribution < -0.4 is 4.74 Å². The topological polar surface area (TPSA) is 66.2 Å². The van der Waals surface area contributed by atoms with E-state index >= 15 is 0 Å². The molecule has 5 nitrogen and oxygen atoms in total. The van der Waals surface area contributed by atoms with Gasteiger partial charge in [-0.15, -0.1) is 0 Å². The first kappa shape index (κ1) is 24.7. The van der Waals surface area contributed by atoms with Gasteiger partial charge >= 0.3 is 0 Å². The number of ketones is 1. The molecule has 0 unspecified atom stereocenters. The summed E-state index contributed by atoms with van der Waals surface area (Å²) in [5.41, 5.74) is 2.50. The quantitative estimate of drug-likeness (QED) is 0.448. The largest absolute Gasteiger partial charge is 0.464 e. The van der Waals surface area contributed by atoms with E-state index in [-0.39, 0.29) is 5.78 Å². The summed E-state index contributed by atoms with van der Waals surface area (Å²) >= 11 is 1.40. The van der Waals surface area contributed by atoms with Gasteiger partial charge in [-0.2, -0.15) is 5.26 Å². The first-order valence-corrected chi connectivity index (χ1v) is 12.9. The molecular weight excluding hydrogens is 456 g/mol. The van der Waals surface area contributed by atoms with Gasteiger partial charge in [0.1, 0.15) is 5.78 Å². The maximum absolute atomic E-state index is 12.5. The van der Waals surface area contributed by atoms with E-state index < -0.39 is 13.0 Å². The predicted octanol–water partition coefficient (Wildman–Crippen LogP) is 5.42. The average Bonchev–Trinajstić information content (AvgIpc) is 3.24. The number of halogens is 2. The minimum absolute atomic E-state index is 0.267. The fourth-order valence-electron chi connectivity index (χ4n) is 5.08. The molecule has 2 aliphatic rings. The van der Waals surface area contributed by atoms with Crippen molar-refractivity contribution in [1.82, 2.24) is 9.88 Å². The highest BCUT2D eigenvalue weighted by molar-refractivity contribution is 7.13. The average molecular weight is 488 g/mol. The SMILES string of the molecule is N#Cc1cccc(CC(=O)CC2CCC(CCN3CCc4sc(OCC(F)F)nc4C3)CC2)c1. The molecule has 1 fully saturated rings. The van der Waals surface area contributed by atoms with Crippen molar-refractivity contribution in [3.63, 3.8) is 0 Å². The zero-order valence-electron chi connectivity index (χ0n) is 19.3. The number of carbonyl (C=O) groups excluding carboxylic acids is 1. The first-order valence-electron chi connectivity index (χ1n) is 12.1. The lowest BCUT2D eigenvalue weighted by Crippen LogP contribution is -2.32. The molecule has 0 atom stereocenters. The van der Waals surface area contributed by atoms with Gasteiger partial charge in [-0.3, -0.25) is 9.69 Å². The molecule has 182 valence electrons. The van der Waals surface area contributed by atoms with Crippen molar-refractivity contribution in [3.8, 4) is 11.3 Å². The molecule has 0 spiro atoms. The van der Waals surface area contributed by atoms with E-state index in [4.69, 9.17) is 10.00 Å². The minimum atomic E-state index is -2.48. The van der Waals surface area contributed by atoms with Crippen LogP contribution in [0.4, 0.5) is 8.78 Å². The number of ether oxygens (including phenoxy) is 1. The molecule has 1 aliphatic carbocycles. The monoisotopic (exact) mass is 487 g/mol. The summed E-state index contributed by atoms with van der Waals surface area (Å²) in [6, 6.07) is 9.45. The molecule has 1 aliphatic heterocycles. The third-order valence-corrected chi connectivity index (χ3v) is 7.98. The Labute approximate surface area is 203 Å². The number of benzene rings is 1. The predicted molar refractivity (Wildman–Crippen MR) is 127 cm³/mol. The number of thiazole rings is 1. The molecule has 0 saturated heterocycles. The van der Waals surface area contributed by atoms with Gasteiger partial charge in [0.25, 0.3) is 11.6 Å². The standard InChI is InChI=1S/C26H31F2N3O2S/c27-25(28)17-33-26-30-23-16-31(11-9-24(23)34-26)10-8-18-4-6-19(7-5-18)13-22(32)14-20-2-1-3-21(12-20)15-29/h1-3,12,18-19,25H,4-11,13-14,16-17H2. The summed E-state index contributed by atoms with van der Waals surface area (Å²) in [6.07, 6.45) is 5.17. The zero-order valence-corrected chi connectivity index (χ0v) is 20.2. The Bertz CT molecular complexity index is 1010. The number of hydrogen-bond acceptors (Lipinski definition) is 6. The maximum atomic E-state index is 12.5. The highest BCUT2D eigenvalue weighted by atomic mass is 32.1. The number of alkyl halides is 2. The summed E-state index contributed by atoms with van der Waals surface area (Å²) in [4.78, 5) is 20.5. The van der Waals surface area contributed by atoms with E-state index in [9.17, 15) is 13.6 Å². The lowest BCUT2D eigenvalue weighted by Gasteiger charge is -2.31. The summed E-state index contributed by atoms with van der Waals surface area (Å²) in [5, 5.41) is 9.38. The Kier molecular flexibility index (Phi) is 8.63. The van der Waals surface area contributed by atoms with E-state index in [1.54, 1.807) is 12.1 Å². The van der Waals surface area contributed by atoms with Gasteiger partial charge in [0.15, 0.2) is 6.61 Å². The Morgan fingerprint density at radius 1 is 1.26 bits per heavy atom. The number of fused-ring (bicyclic) bond motifs is 1. The van der Waals surface area contributed by atoms with Gasteiger partial charge in [0.05, 0.1) is 17.3 Å². The van der Waals surface area contributed by atoms with Crippen LogP contribution in [0.25, 0.3) is 0 Å². The van der Waals surface area contributed by atoms with E-state index in [0.717, 1.165) is 61.5 Å². The van der Waals surface area contributed by atoms with Gasteiger partial charge in [-0.1, -0.05) is 36.3 Å². The zero-order chi connectivity index (χ0) is 23.9. The van der Waals surface area contributed by atoms with E-state index in [0.29, 0.717) is 35.4 Å². The molecule has 0 N–H and O–H groups in total. The number of nitrogens with zero attached hydrogens (tertiary/aromatic N) is 3. The number of Topliss-reactive ketones (excluding diaryl/α,β-unsaturated/α-hetero) is 1. The van der Waals surface area contributed by atoms with Crippen LogP contribution in [-0.2, 0) is 24.2 Å². The van der Waals surface area contributed by atoms with Gasteiger partial charge in [0.2, 0.25) is 0 Å². The third-order valence-electron chi connectivity index (χ3n) is 6.91. The summed E-state index contributed by atoms with van der Waals surface area (Å²) < 4.78 is 29.8. The van der Waals surface area contributed by atoms with Gasteiger partial charge in [0, 0.05) is 30.8 Å². The van der Waals surface area contributed by atoms with Crippen LogP contribution in [0.1, 0.15) is 60.2 Å². The van der Waals surface area contributed by atoms with Crippen molar-refractivity contribution in [2.75, 3.05) is 19.7 Å². The normalized spacial score (nSPS) is 20.6. The van der Waals surface area contributed by atoms with Crippen LogP contribution >= 0.6 is 11.3 Å². The lowest BCUT2D eigenvalue weighted by atomic mass is 9.78. The molecule has 1 aromatic heterocycles. The van der Waals surface area contributed by atoms with E-state index in [2.05, 4.69) is 16.0 Å². The second kappa shape index (κ2) is 11.9. The smallest absolute Gasteiger partial charge is 0.273 e. The van der Waals surface area contributed by atoms with Crippen LogP contribution in [0, 0.1) is 23.2 Å². The van der Waals surface area contributed by atoms with Crippen LogP contribution in [-0.4, -0.2) is 41.8 Å². The Morgan fingerprint density at radius 2 is 2.06 bits per heavy atom. The highest BCUT2D eigenvalue weighted by Gasteiger charge is 2.26. The molecule has 4 rings (SSSR count). The van der Waals surface area contributed by atoms with Crippen molar-refractivity contribution in [3.05, 3.63) is 46.0 Å². The number of rotatable bonds is 10. The van der Waals surface area contributed by atoms with Gasteiger partial charge < -0.3 is 4.74 Å². The van der Waals surface area contributed by atoms with Crippen molar-refractivity contribution >= 4 is 17.1 Å². The van der Waals surface area contributed by atoms with Crippen molar-refractivity contribution in [2.45, 2.75) is 64.3 Å². The van der Waals surface area contributed by atoms with Crippen LogP contribution in [0.5, 0.6) is 5.19 Å². The number of carbonyl (C=O) groups is 1. The first-order chi connectivity index (χ1) is 16.5. The summed E-state index contributed by atoms with van der Waals surface area (Å²) in [7, 11) is 0. The summed E-state index contributed by atoms with van der Waals surface area (Å²) in [6.45, 7) is 2.16. The van der Waals surface area contributed by atoms with Gasteiger partial charge in [-0.25, -0.2) is 13.8 Å². The Hall–Kier alpha value is -2.37. The molecule has 1 aromatic carbocycles. The number of nitriles is 1. The van der Waals surface area contributed by atoms with Crippen molar-refractivity contribution in [2.24, 2.45) is 11.8 Å². The number of aromatic nitrogens is 1. The van der Waals surface area contributed by atoms with Gasteiger partial charge in [-0.05, 0) is 61.8 Å². The van der Waals surface area contributed by atoms with E-state index in [1.165, 1.54) is 24.2 Å². The molecule has 2 heterocycles. The van der Waals surface area contributed by atoms with Crippen molar-refractivity contribution < 1.29 is 18.3 Å². The Balaban J connectivity index is 1.15. The molecule has 34 heavy (non-hydrogen) atoms. The fraction of sp³-hybridized carbons (Fsp3) is 0.577. The maximum Gasteiger partial charge on any atom is 0.273 e. The van der Waals surface area contributed by atoms with Crippen LogP contribution in [0.15, 0.2) is 24.3 Å². The van der Waals surface area contributed by atoms with E-state index in [1.807, 2.05) is 12.1 Å². The molecule has 1 saturated carbocycles. The van der Waals surface area contributed by atoms with Crippen LogP contribution in [0.3, 0.4) is 0 Å². The van der Waals surface area contributed by atoms with Crippen LogP contribution in [0.2, 0.25) is 0 Å². The molecule has 0 radical (unpaired) electrons. The molecule has 0 bridgehead atoms. The Morgan fingerprint density at radius 3 is 2.82 bits per heavy atom.